The van der Waals surface area contributed by atoms with E-state index in [0.29, 0.717) is 42.5 Å². The van der Waals surface area contributed by atoms with E-state index in [4.69, 9.17) is 23.9 Å². The van der Waals surface area contributed by atoms with Crippen LogP contribution in [-0.2, 0) is 17.9 Å². The molecule has 9 nitrogen and oxygen atoms in total. The Morgan fingerprint density at radius 1 is 1.06 bits per heavy atom. The minimum atomic E-state index is -0.0315. The first-order valence-corrected chi connectivity index (χ1v) is 11.6. The Kier molecular flexibility index (Phi) is 6.37. The number of hydrogen-bond donors (Lipinski definition) is 0. The molecule has 0 unspecified atom stereocenters. The van der Waals surface area contributed by atoms with Crippen molar-refractivity contribution >= 4 is 16.8 Å². The summed E-state index contributed by atoms with van der Waals surface area (Å²) in [7, 11) is 4.88. The molecule has 4 aromatic rings. The Morgan fingerprint density at radius 2 is 1.83 bits per heavy atom. The molecule has 0 bridgehead atoms. The second kappa shape index (κ2) is 9.77. The lowest BCUT2D eigenvalue weighted by molar-refractivity contribution is -0.132. The molecule has 36 heavy (non-hydrogen) atoms. The quantitative estimate of drug-likeness (QED) is 0.407. The number of carbonyl (C=O) groups excluding carboxylic acids is 1. The number of benzene rings is 2. The van der Waals surface area contributed by atoms with Gasteiger partial charge in [0, 0.05) is 35.5 Å². The van der Waals surface area contributed by atoms with Crippen LogP contribution in [-0.4, -0.2) is 60.1 Å². The van der Waals surface area contributed by atoms with Crippen LogP contribution in [0.3, 0.4) is 0 Å². The Balaban J connectivity index is 1.57. The first-order valence-electron chi connectivity index (χ1n) is 11.6. The molecule has 1 amide bonds. The van der Waals surface area contributed by atoms with Crippen LogP contribution in [0.4, 0.5) is 0 Å². The van der Waals surface area contributed by atoms with E-state index in [1.807, 2.05) is 37.3 Å². The zero-order valence-electron chi connectivity index (χ0n) is 20.8. The lowest BCUT2D eigenvalue weighted by Crippen LogP contribution is -2.35. The summed E-state index contributed by atoms with van der Waals surface area (Å²) < 4.78 is 24.5. The normalized spacial score (nSPS) is 13.1. The van der Waals surface area contributed by atoms with Gasteiger partial charge in [-0.3, -0.25) is 9.48 Å². The molecule has 5 rings (SSSR count). The number of carbonyl (C=O) groups is 1. The predicted molar refractivity (Wildman–Crippen MR) is 135 cm³/mol. The zero-order valence-corrected chi connectivity index (χ0v) is 20.8. The van der Waals surface area contributed by atoms with Gasteiger partial charge in [0.15, 0.2) is 11.5 Å². The van der Waals surface area contributed by atoms with Crippen LogP contribution in [0, 0.1) is 6.92 Å². The van der Waals surface area contributed by atoms with Crippen LogP contribution in [0.2, 0.25) is 0 Å². The molecule has 0 aliphatic carbocycles. The maximum atomic E-state index is 13.0. The van der Waals surface area contributed by atoms with Crippen molar-refractivity contribution in [2.45, 2.75) is 20.0 Å². The van der Waals surface area contributed by atoms with E-state index in [1.54, 1.807) is 49.4 Å². The number of aromatic nitrogens is 3. The van der Waals surface area contributed by atoms with Crippen molar-refractivity contribution in [3.63, 3.8) is 0 Å². The Morgan fingerprint density at radius 3 is 2.56 bits per heavy atom. The topological polar surface area (TPSA) is 87.9 Å². The second-order valence-corrected chi connectivity index (χ2v) is 8.55. The highest BCUT2D eigenvalue weighted by Crippen LogP contribution is 2.40. The van der Waals surface area contributed by atoms with Crippen LogP contribution in [0.25, 0.3) is 22.2 Å². The van der Waals surface area contributed by atoms with E-state index in [-0.39, 0.29) is 12.5 Å². The summed E-state index contributed by atoms with van der Waals surface area (Å²) in [6.07, 6.45) is 3.44. The average molecular weight is 489 g/mol. The van der Waals surface area contributed by atoms with E-state index in [2.05, 4.69) is 5.10 Å². The number of aryl methyl sites for hydroxylation is 1. The van der Waals surface area contributed by atoms with Gasteiger partial charge in [-0.05, 0) is 48.9 Å². The summed E-state index contributed by atoms with van der Waals surface area (Å²) in [4.78, 5) is 19.7. The predicted octanol–water partition coefficient (Wildman–Crippen LogP) is 3.85. The molecule has 0 N–H and O–H groups in total. The highest BCUT2D eigenvalue weighted by molar-refractivity contribution is 5.94. The number of methoxy groups -OCH3 is 3. The van der Waals surface area contributed by atoms with Crippen molar-refractivity contribution in [2.24, 2.45) is 0 Å². The molecular formula is C27H28N4O5. The lowest BCUT2D eigenvalue weighted by atomic mass is 10.0. The number of amides is 1. The van der Waals surface area contributed by atoms with Gasteiger partial charge in [0.05, 0.1) is 33.6 Å². The summed E-state index contributed by atoms with van der Waals surface area (Å²) in [5.41, 5.74) is 4.18. The Bertz CT molecular complexity index is 1420. The molecule has 0 fully saturated rings. The standard InChI is InChI=1S/C27H28N4O5/c1-17-12-20(29-26-22(34-3)7-6-21(33-2)25(17)26)18-13-19-15-30(24(32)16-31-9-5-8-28-31)10-11-36-27(19)23(14-18)35-4/h5-9,12-14H,10-11,15-16H2,1-4H3. The molecule has 9 heteroatoms. The highest BCUT2D eigenvalue weighted by Gasteiger charge is 2.24. The molecule has 3 heterocycles. The maximum absolute atomic E-state index is 13.0. The van der Waals surface area contributed by atoms with Gasteiger partial charge >= 0.3 is 0 Å². The summed E-state index contributed by atoms with van der Waals surface area (Å²) in [6.45, 7) is 3.43. The van der Waals surface area contributed by atoms with Crippen LogP contribution < -0.4 is 18.9 Å². The number of hydrogen-bond acceptors (Lipinski definition) is 7. The fourth-order valence-electron chi connectivity index (χ4n) is 4.59. The van der Waals surface area contributed by atoms with Gasteiger partial charge in [-0.1, -0.05) is 0 Å². The molecule has 1 aliphatic rings. The van der Waals surface area contributed by atoms with E-state index in [1.165, 1.54) is 0 Å². The lowest BCUT2D eigenvalue weighted by Gasteiger charge is -2.20. The molecule has 2 aromatic heterocycles. The smallest absolute Gasteiger partial charge is 0.244 e. The van der Waals surface area contributed by atoms with Crippen molar-refractivity contribution in [1.29, 1.82) is 0 Å². The van der Waals surface area contributed by atoms with Gasteiger partial charge in [0.1, 0.15) is 30.2 Å². The average Bonchev–Trinajstić information content (AvgIpc) is 3.30. The van der Waals surface area contributed by atoms with Crippen LogP contribution >= 0.6 is 0 Å². The van der Waals surface area contributed by atoms with Crippen molar-refractivity contribution in [1.82, 2.24) is 19.7 Å². The van der Waals surface area contributed by atoms with Gasteiger partial charge < -0.3 is 23.8 Å². The monoisotopic (exact) mass is 488 g/mol. The van der Waals surface area contributed by atoms with Gasteiger partial charge in [-0.2, -0.15) is 5.10 Å². The SMILES string of the molecule is COc1cc(-c2cc(C)c3c(OC)ccc(OC)c3n2)cc2c1OCCN(C(=O)Cn1cccn1)C2. The Labute approximate surface area is 209 Å². The number of ether oxygens (including phenoxy) is 4. The molecule has 186 valence electrons. The highest BCUT2D eigenvalue weighted by atomic mass is 16.5. The second-order valence-electron chi connectivity index (χ2n) is 8.55. The van der Waals surface area contributed by atoms with E-state index < -0.39 is 0 Å². The fourth-order valence-corrected chi connectivity index (χ4v) is 4.59. The van der Waals surface area contributed by atoms with Crippen molar-refractivity contribution in [2.75, 3.05) is 34.5 Å². The molecule has 0 atom stereocenters. The van der Waals surface area contributed by atoms with Gasteiger partial charge in [0.2, 0.25) is 5.91 Å². The van der Waals surface area contributed by atoms with Crippen molar-refractivity contribution in [3.8, 4) is 34.3 Å². The summed E-state index contributed by atoms with van der Waals surface area (Å²) in [5.74, 6) is 2.61. The van der Waals surface area contributed by atoms with Gasteiger partial charge in [-0.25, -0.2) is 4.98 Å². The number of pyridine rings is 1. The third kappa shape index (κ3) is 4.28. The van der Waals surface area contributed by atoms with Crippen LogP contribution in [0.15, 0.2) is 48.8 Å². The molecule has 0 radical (unpaired) electrons. The van der Waals surface area contributed by atoms with E-state index in [9.17, 15) is 4.79 Å². The molecule has 0 saturated heterocycles. The number of nitrogens with zero attached hydrogens (tertiary/aromatic N) is 4. The minimum absolute atomic E-state index is 0.0315. The van der Waals surface area contributed by atoms with Gasteiger partial charge in [0.25, 0.3) is 0 Å². The summed E-state index contributed by atoms with van der Waals surface area (Å²) in [5, 5.41) is 5.05. The van der Waals surface area contributed by atoms with Crippen LogP contribution in [0.1, 0.15) is 11.1 Å². The third-order valence-corrected chi connectivity index (χ3v) is 6.35. The fraction of sp³-hybridized carbons (Fsp3) is 0.296. The molecule has 1 aliphatic heterocycles. The van der Waals surface area contributed by atoms with Crippen molar-refractivity contribution < 1.29 is 23.7 Å². The van der Waals surface area contributed by atoms with Gasteiger partial charge in [-0.15, -0.1) is 0 Å². The third-order valence-electron chi connectivity index (χ3n) is 6.35. The minimum Gasteiger partial charge on any atom is -0.496 e. The zero-order chi connectivity index (χ0) is 25.2. The first-order chi connectivity index (χ1) is 17.5. The maximum Gasteiger partial charge on any atom is 0.244 e. The molecule has 0 spiro atoms. The molecule has 0 saturated carbocycles. The molecular weight excluding hydrogens is 460 g/mol. The Hall–Kier alpha value is -4.27. The molecule has 2 aromatic carbocycles. The van der Waals surface area contributed by atoms with Crippen molar-refractivity contribution in [3.05, 3.63) is 59.9 Å². The van der Waals surface area contributed by atoms with Crippen LogP contribution in [0.5, 0.6) is 23.0 Å². The van der Waals surface area contributed by atoms with E-state index in [0.717, 1.165) is 33.5 Å². The number of fused-ring (bicyclic) bond motifs is 2. The first kappa shape index (κ1) is 23.5. The summed E-state index contributed by atoms with van der Waals surface area (Å²) in [6, 6.07) is 11.5. The number of rotatable bonds is 6. The largest absolute Gasteiger partial charge is 0.496 e. The van der Waals surface area contributed by atoms with E-state index >= 15 is 0 Å². The summed E-state index contributed by atoms with van der Waals surface area (Å²) >= 11 is 0.